The second kappa shape index (κ2) is 10.0. The largest absolute Gasteiger partial charge is 0.359 e. The number of aliphatic imine (C=N–C) groups is 1. The van der Waals surface area contributed by atoms with E-state index < -0.39 is 0 Å². The fourth-order valence-corrected chi connectivity index (χ4v) is 3.50. The van der Waals surface area contributed by atoms with Crippen molar-refractivity contribution in [1.29, 1.82) is 0 Å². The van der Waals surface area contributed by atoms with Crippen molar-refractivity contribution in [1.82, 2.24) is 24.7 Å². The van der Waals surface area contributed by atoms with Crippen LogP contribution in [0.5, 0.6) is 0 Å². The number of rotatable bonds is 5. The predicted octanol–water partition coefficient (Wildman–Crippen LogP) is 2.30. The van der Waals surface area contributed by atoms with Crippen molar-refractivity contribution in [3.8, 4) is 0 Å². The zero-order valence-electron chi connectivity index (χ0n) is 15.4. The number of aryl methyl sites for hydroxylation is 2. The molecule has 0 spiro atoms. The summed E-state index contributed by atoms with van der Waals surface area (Å²) in [6.45, 7) is 11.1. The summed E-state index contributed by atoms with van der Waals surface area (Å²) in [5.41, 5.74) is 0.882. The first kappa shape index (κ1) is 20.9. The summed E-state index contributed by atoms with van der Waals surface area (Å²) in [6, 6.07) is 1.92. The predicted molar refractivity (Wildman–Crippen MR) is 115 cm³/mol. The van der Waals surface area contributed by atoms with Crippen LogP contribution in [0.4, 0.5) is 5.13 Å². The Hall–Kier alpha value is -1.43. The van der Waals surface area contributed by atoms with E-state index in [0.717, 1.165) is 67.5 Å². The van der Waals surface area contributed by atoms with E-state index in [1.807, 2.05) is 13.0 Å². The van der Waals surface area contributed by atoms with E-state index in [1.54, 1.807) is 0 Å². The highest BCUT2D eigenvalue weighted by atomic mass is 127. The maximum atomic E-state index is 5.24. The Kier molecular flexibility index (Phi) is 8.07. The van der Waals surface area contributed by atoms with Crippen molar-refractivity contribution in [2.45, 2.75) is 33.7 Å². The molecule has 1 aliphatic rings. The third-order valence-corrected chi connectivity index (χ3v) is 4.83. The van der Waals surface area contributed by atoms with E-state index in [1.165, 1.54) is 11.5 Å². The summed E-state index contributed by atoms with van der Waals surface area (Å²) >= 11 is 1.49. The summed E-state index contributed by atoms with van der Waals surface area (Å²) in [6.07, 6.45) is 0.884. The quantitative estimate of drug-likeness (QED) is 0.391. The molecule has 2 aromatic heterocycles. The number of nitrogens with zero attached hydrogens (tertiary/aromatic N) is 6. The Morgan fingerprint density at radius 1 is 1.31 bits per heavy atom. The van der Waals surface area contributed by atoms with Crippen LogP contribution in [0.15, 0.2) is 15.6 Å². The van der Waals surface area contributed by atoms with Gasteiger partial charge in [0.1, 0.15) is 12.4 Å². The van der Waals surface area contributed by atoms with Gasteiger partial charge in [0.2, 0.25) is 5.13 Å². The third-order valence-electron chi connectivity index (χ3n) is 4.02. The van der Waals surface area contributed by atoms with Gasteiger partial charge in [-0.15, -0.1) is 24.0 Å². The van der Waals surface area contributed by atoms with Crippen molar-refractivity contribution >= 4 is 46.6 Å². The molecule has 3 heterocycles. The molecule has 0 atom stereocenters. The maximum absolute atomic E-state index is 5.24. The molecule has 2 aromatic rings. The molecule has 1 aliphatic heterocycles. The van der Waals surface area contributed by atoms with Crippen molar-refractivity contribution in [2.75, 3.05) is 37.6 Å². The molecule has 1 saturated heterocycles. The lowest BCUT2D eigenvalue weighted by atomic mass is 10.3. The SMILES string of the molecule is CCNC(=NCc1cc(C)no1)N1CCN(c2nc(CC)ns2)CC1.I. The van der Waals surface area contributed by atoms with Crippen LogP contribution in [-0.4, -0.2) is 58.1 Å². The highest BCUT2D eigenvalue weighted by molar-refractivity contribution is 14.0. The van der Waals surface area contributed by atoms with E-state index in [0.29, 0.717) is 6.54 Å². The summed E-state index contributed by atoms with van der Waals surface area (Å²) in [5.74, 6) is 2.63. The van der Waals surface area contributed by atoms with Gasteiger partial charge in [0.25, 0.3) is 0 Å². The van der Waals surface area contributed by atoms with Crippen LogP contribution < -0.4 is 10.2 Å². The summed E-state index contributed by atoms with van der Waals surface area (Å²) in [4.78, 5) is 13.9. The van der Waals surface area contributed by atoms with Gasteiger partial charge in [0.15, 0.2) is 11.7 Å². The van der Waals surface area contributed by atoms with Gasteiger partial charge in [0, 0.05) is 56.7 Å². The van der Waals surface area contributed by atoms with Crippen LogP contribution in [0.25, 0.3) is 0 Å². The van der Waals surface area contributed by atoms with E-state index in [4.69, 9.17) is 4.52 Å². The minimum absolute atomic E-state index is 0. The zero-order valence-corrected chi connectivity index (χ0v) is 18.6. The molecule has 0 bridgehead atoms. The van der Waals surface area contributed by atoms with Crippen LogP contribution >= 0.6 is 35.5 Å². The summed E-state index contributed by atoms with van der Waals surface area (Å²) in [7, 11) is 0. The molecular weight excluding hydrogens is 465 g/mol. The molecule has 0 unspecified atom stereocenters. The minimum atomic E-state index is 0. The molecule has 10 heteroatoms. The van der Waals surface area contributed by atoms with Gasteiger partial charge < -0.3 is 19.6 Å². The van der Waals surface area contributed by atoms with Gasteiger partial charge >= 0.3 is 0 Å². The number of hydrogen-bond donors (Lipinski definition) is 1. The molecule has 1 fully saturated rings. The lowest BCUT2D eigenvalue weighted by Crippen LogP contribution is -2.52. The van der Waals surface area contributed by atoms with E-state index in [2.05, 4.69) is 48.5 Å². The summed E-state index contributed by atoms with van der Waals surface area (Å²) in [5, 5.41) is 8.30. The molecule has 8 nitrogen and oxygen atoms in total. The Labute approximate surface area is 175 Å². The van der Waals surface area contributed by atoms with Gasteiger partial charge in [-0.2, -0.15) is 4.37 Å². The number of nitrogens with one attached hydrogen (secondary N) is 1. The van der Waals surface area contributed by atoms with E-state index >= 15 is 0 Å². The molecule has 0 amide bonds. The van der Waals surface area contributed by atoms with Gasteiger partial charge in [0.05, 0.1) is 5.69 Å². The van der Waals surface area contributed by atoms with Crippen molar-refractivity contribution in [2.24, 2.45) is 4.99 Å². The number of halogens is 1. The van der Waals surface area contributed by atoms with Gasteiger partial charge in [-0.3, -0.25) is 0 Å². The van der Waals surface area contributed by atoms with Crippen LogP contribution in [0, 0.1) is 6.92 Å². The van der Waals surface area contributed by atoms with Crippen LogP contribution in [0.2, 0.25) is 0 Å². The third kappa shape index (κ3) is 5.29. The normalized spacial score (nSPS) is 15.1. The van der Waals surface area contributed by atoms with Crippen molar-refractivity contribution in [3.05, 3.63) is 23.3 Å². The standard InChI is InChI=1S/C16H25N7OS.HI/c1-4-14-19-16(25-21-14)23-8-6-22(7-9-23)15(17-5-2)18-11-13-10-12(3)20-24-13;/h10H,4-9,11H2,1-3H3,(H,17,18);1H. The highest BCUT2D eigenvalue weighted by Crippen LogP contribution is 2.19. The fourth-order valence-electron chi connectivity index (χ4n) is 2.70. The highest BCUT2D eigenvalue weighted by Gasteiger charge is 2.22. The van der Waals surface area contributed by atoms with Crippen LogP contribution in [0.1, 0.15) is 31.1 Å². The van der Waals surface area contributed by atoms with Gasteiger partial charge in [-0.05, 0) is 13.8 Å². The molecule has 0 saturated carbocycles. The molecule has 144 valence electrons. The minimum Gasteiger partial charge on any atom is -0.359 e. The number of aromatic nitrogens is 3. The summed E-state index contributed by atoms with van der Waals surface area (Å²) < 4.78 is 9.62. The average molecular weight is 491 g/mol. The van der Waals surface area contributed by atoms with E-state index in [-0.39, 0.29) is 24.0 Å². The molecule has 0 aromatic carbocycles. The Morgan fingerprint density at radius 3 is 2.65 bits per heavy atom. The van der Waals surface area contributed by atoms with Gasteiger partial charge in [-0.25, -0.2) is 9.98 Å². The Morgan fingerprint density at radius 2 is 2.08 bits per heavy atom. The fraction of sp³-hybridized carbons (Fsp3) is 0.625. The molecular formula is C16H26IN7OS. The number of piperazine rings is 1. The number of guanidine groups is 1. The first-order valence-corrected chi connectivity index (χ1v) is 9.50. The van der Waals surface area contributed by atoms with Crippen molar-refractivity contribution < 1.29 is 4.52 Å². The lowest BCUT2D eigenvalue weighted by molar-refractivity contribution is 0.365. The average Bonchev–Trinajstić information content (AvgIpc) is 3.27. The van der Waals surface area contributed by atoms with E-state index in [9.17, 15) is 0 Å². The molecule has 1 N–H and O–H groups in total. The zero-order chi connectivity index (χ0) is 17.6. The molecule has 26 heavy (non-hydrogen) atoms. The second-order valence-electron chi connectivity index (χ2n) is 5.93. The molecule has 3 rings (SSSR count). The molecule has 0 aliphatic carbocycles. The first-order chi connectivity index (χ1) is 12.2. The number of hydrogen-bond acceptors (Lipinski definition) is 7. The Balaban J connectivity index is 0.00000243. The maximum Gasteiger partial charge on any atom is 0.205 e. The first-order valence-electron chi connectivity index (χ1n) is 8.72. The van der Waals surface area contributed by atoms with Crippen LogP contribution in [0.3, 0.4) is 0 Å². The van der Waals surface area contributed by atoms with Crippen LogP contribution in [-0.2, 0) is 13.0 Å². The molecule has 0 radical (unpaired) electrons. The topological polar surface area (TPSA) is 82.7 Å². The second-order valence-corrected chi connectivity index (χ2v) is 6.66. The van der Waals surface area contributed by atoms with Crippen molar-refractivity contribution in [3.63, 3.8) is 0 Å². The van der Waals surface area contributed by atoms with Gasteiger partial charge in [-0.1, -0.05) is 12.1 Å². The smallest absolute Gasteiger partial charge is 0.205 e. The monoisotopic (exact) mass is 491 g/mol. The Bertz CT molecular complexity index is 709. The lowest BCUT2D eigenvalue weighted by Gasteiger charge is -2.36. The number of anilines is 1.